The Hall–Kier alpha value is -2.83. The molecule has 2 amide bonds. The molecule has 0 bridgehead atoms. The van der Waals surface area contributed by atoms with Crippen molar-refractivity contribution < 1.29 is 18.7 Å². The minimum absolute atomic E-state index is 0.0930. The highest BCUT2D eigenvalue weighted by Crippen LogP contribution is 2.48. The zero-order chi connectivity index (χ0) is 16.8. The van der Waals surface area contributed by atoms with E-state index in [0.29, 0.717) is 23.8 Å². The molecule has 2 aliphatic rings. The fourth-order valence-corrected chi connectivity index (χ4v) is 3.47. The van der Waals surface area contributed by atoms with E-state index in [-0.39, 0.29) is 17.6 Å². The summed E-state index contributed by atoms with van der Waals surface area (Å²) in [6.07, 6.45) is 2.80. The molecular weight excluding hydrogens is 310 g/mol. The number of fused-ring (bicyclic) bond motifs is 1. The standard InChI is InChI=1S/C17H17N3O4/c1-23-11-4-2-9(3-5-11)15-14(19-8-24-15)17(22)20-12-6-10(12)7-13(20)16(18)21/h2-5,8,10,12-13H,6-7H2,1H3,(H2,18,21)/t10-,12+,13+/m1/s1. The highest BCUT2D eigenvalue weighted by molar-refractivity contribution is 6.00. The van der Waals surface area contributed by atoms with Crippen LogP contribution in [0.15, 0.2) is 35.1 Å². The molecule has 1 saturated heterocycles. The van der Waals surface area contributed by atoms with Crippen molar-refractivity contribution in [3.63, 3.8) is 0 Å². The number of hydrogen-bond donors (Lipinski definition) is 1. The van der Waals surface area contributed by atoms with Gasteiger partial charge in [-0.25, -0.2) is 4.98 Å². The molecule has 7 nitrogen and oxygen atoms in total. The maximum absolute atomic E-state index is 12.9. The van der Waals surface area contributed by atoms with Crippen LogP contribution in [0.25, 0.3) is 11.3 Å². The first-order chi connectivity index (χ1) is 11.6. The first kappa shape index (κ1) is 14.7. The number of ether oxygens (including phenoxy) is 1. The Balaban J connectivity index is 1.66. The van der Waals surface area contributed by atoms with Gasteiger partial charge in [0, 0.05) is 11.6 Å². The van der Waals surface area contributed by atoms with E-state index < -0.39 is 11.9 Å². The Morgan fingerprint density at radius 3 is 2.71 bits per heavy atom. The molecule has 2 heterocycles. The highest BCUT2D eigenvalue weighted by Gasteiger charge is 2.56. The van der Waals surface area contributed by atoms with E-state index in [2.05, 4.69) is 4.98 Å². The predicted molar refractivity (Wildman–Crippen MR) is 84.2 cm³/mol. The van der Waals surface area contributed by atoms with Crippen LogP contribution in [0.1, 0.15) is 23.3 Å². The summed E-state index contributed by atoms with van der Waals surface area (Å²) in [5.41, 5.74) is 6.38. The van der Waals surface area contributed by atoms with Crippen LogP contribution in [0.3, 0.4) is 0 Å². The molecule has 1 saturated carbocycles. The van der Waals surface area contributed by atoms with Gasteiger partial charge in [0.1, 0.15) is 11.8 Å². The number of amides is 2. The second-order valence-corrected chi connectivity index (χ2v) is 6.19. The third kappa shape index (κ3) is 2.24. The van der Waals surface area contributed by atoms with Gasteiger partial charge in [-0.2, -0.15) is 0 Å². The fraction of sp³-hybridized carbons (Fsp3) is 0.353. The molecule has 2 fully saturated rings. The smallest absolute Gasteiger partial charge is 0.277 e. The van der Waals surface area contributed by atoms with Gasteiger partial charge in [0.2, 0.25) is 5.91 Å². The van der Waals surface area contributed by atoms with Crippen LogP contribution in [0.2, 0.25) is 0 Å². The van der Waals surface area contributed by atoms with Crippen LogP contribution in [0.4, 0.5) is 0 Å². The molecular formula is C17H17N3O4. The molecule has 2 N–H and O–H groups in total. The van der Waals surface area contributed by atoms with Gasteiger partial charge in [0.15, 0.2) is 17.8 Å². The number of nitrogens with zero attached hydrogens (tertiary/aromatic N) is 2. The number of methoxy groups -OCH3 is 1. The molecule has 0 unspecified atom stereocenters. The Morgan fingerprint density at radius 2 is 2.04 bits per heavy atom. The summed E-state index contributed by atoms with van der Waals surface area (Å²) in [5, 5.41) is 0. The van der Waals surface area contributed by atoms with Crippen molar-refractivity contribution in [2.45, 2.75) is 24.9 Å². The summed E-state index contributed by atoms with van der Waals surface area (Å²) < 4.78 is 10.6. The van der Waals surface area contributed by atoms with Crippen LogP contribution in [0.5, 0.6) is 5.75 Å². The number of likely N-dealkylation sites (tertiary alicyclic amines) is 1. The number of primary amides is 1. The van der Waals surface area contributed by atoms with Crippen molar-refractivity contribution in [2.75, 3.05) is 7.11 Å². The molecule has 7 heteroatoms. The SMILES string of the molecule is COc1ccc(-c2ocnc2C(=O)N2[C@H](C(N)=O)C[C@H]3C[C@@H]32)cc1. The second kappa shape index (κ2) is 5.36. The van der Waals surface area contributed by atoms with Crippen molar-refractivity contribution >= 4 is 11.8 Å². The van der Waals surface area contributed by atoms with Crippen LogP contribution in [0, 0.1) is 5.92 Å². The number of benzene rings is 1. The van der Waals surface area contributed by atoms with Crippen LogP contribution < -0.4 is 10.5 Å². The third-order valence-corrected chi connectivity index (χ3v) is 4.79. The minimum Gasteiger partial charge on any atom is -0.497 e. The lowest BCUT2D eigenvalue weighted by molar-refractivity contribution is -0.122. The Bertz CT molecular complexity index is 798. The topological polar surface area (TPSA) is 98.7 Å². The number of nitrogens with two attached hydrogens (primary N) is 1. The fourth-order valence-electron chi connectivity index (χ4n) is 3.47. The zero-order valence-electron chi connectivity index (χ0n) is 13.1. The van der Waals surface area contributed by atoms with E-state index in [1.807, 2.05) is 0 Å². The normalized spacial score (nSPS) is 24.5. The van der Waals surface area contributed by atoms with Crippen molar-refractivity contribution in [3.8, 4) is 17.1 Å². The van der Waals surface area contributed by atoms with E-state index in [9.17, 15) is 9.59 Å². The first-order valence-corrected chi connectivity index (χ1v) is 7.80. The van der Waals surface area contributed by atoms with Crippen molar-refractivity contribution in [1.29, 1.82) is 0 Å². The predicted octanol–water partition coefficient (Wildman–Crippen LogP) is 1.44. The van der Waals surface area contributed by atoms with Gasteiger partial charge in [0.25, 0.3) is 5.91 Å². The molecule has 1 aromatic carbocycles. The number of carbonyl (C=O) groups excluding carboxylic acids is 2. The summed E-state index contributed by atoms with van der Waals surface area (Å²) in [6.45, 7) is 0. The van der Waals surface area contributed by atoms with Crippen LogP contribution >= 0.6 is 0 Å². The molecule has 2 aromatic rings. The number of carbonyl (C=O) groups is 2. The summed E-state index contributed by atoms with van der Waals surface area (Å²) >= 11 is 0. The number of rotatable bonds is 4. The van der Waals surface area contributed by atoms with E-state index >= 15 is 0 Å². The van der Waals surface area contributed by atoms with Gasteiger partial charge in [-0.15, -0.1) is 0 Å². The highest BCUT2D eigenvalue weighted by atomic mass is 16.5. The van der Waals surface area contributed by atoms with E-state index in [4.69, 9.17) is 14.9 Å². The zero-order valence-corrected chi connectivity index (χ0v) is 13.1. The molecule has 1 aromatic heterocycles. The summed E-state index contributed by atoms with van der Waals surface area (Å²) in [7, 11) is 1.59. The maximum Gasteiger partial charge on any atom is 0.277 e. The average Bonchev–Trinajstić information content (AvgIpc) is 3.03. The lowest BCUT2D eigenvalue weighted by Crippen LogP contribution is -2.46. The quantitative estimate of drug-likeness (QED) is 0.916. The van der Waals surface area contributed by atoms with Gasteiger partial charge < -0.3 is 19.8 Å². The van der Waals surface area contributed by atoms with Gasteiger partial charge in [-0.05, 0) is 43.0 Å². The van der Waals surface area contributed by atoms with Gasteiger partial charge in [0.05, 0.1) is 7.11 Å². The lowest BCUT2D eigenvalue weighted by atomic mass is 10.1. The monoisotopic (exact) mass is 327 g/mol. The molecule has 0 radical (unpaired) electrons. The Labute approximate surface area is 138 Å². The van der Waals surface area contributed by atoms with E-state index in [1.54, 1.807) is 36.3 Å². The molecule has 3 atom stereocenters. The number of oxazole rings is 1. The summed E-state index contributed by atoms with van der Waals surface area (Å²) in [6, 6.07) is 6.70. The second-order valence-electron chi connectivity index (χ2n) is 6.19. The van der Waals surface area contributed by atoms with Crippen LogP contribution in [-0.2, 0) is 4.79 Å². The summed E-state index contributed by atoms with van der Waals surface area (Å²) in [5.74, 6) is 0.700. The average molecular weight is 327 g/mol. The van der Waals surface area contributed by atoms with E-state index in [0.717, 1.165) is 12.0 Å². The van der Waals surface area contributed by atoms with Crippen molar-refractivity contribution in [1.82, 2.24) is 9.88 Å². The Morgan fingerprint density at radius 1 is 1.29 bits per heavy atom. The van der Waals surface area contributed by atoms with Crippen molar-refractivity contribution in [3.05, 3.63) is 36.4 Å². The molecule has 0 spiro atoms. The van der Waals surface area contributed by atoms with Gasteiger partial charge >= 0.3 is 0 Å². The van der Waals surface area contributed by atoms with Crippen molar-refractivity contribution in [2.24, 2.45) is 11.7 Å². The number of aromatic nitrogens is 1. The molecule has 24 heavy (non-hydrogen) atoms. The minimum atomic E-state index is -0.554. The molecule has 1 aliphatic carbocycles. The molecule has 124 valence electrons. The van der Waals surface area contributed by atoms with E-state index in [1.165, 1.54) is 6.39 Å². The number of hydrogen-bond acceptors (Lipinski definition) is 5. The number of piperidine rings is 1. The maximum atomic E-state index is 12.9. The first-order valence-electron chi connectivity index (χ1n) is 7.80. The third-order valence-electron chi connectivity index (χ3n) is 4.79. The molecule has 1 aliphatic heterocycles. The largest absolute Gasteiger partial charge is 0.497 e. The molecule has 4 rings (SSSR count). The van der Waals surface area contributed by atoms with Gasteiger partial charge in [-0.1, -0.05) is 0 Å². The van der Waals surface area contributed by atoms with Crippen LogP contribution in [-0.4, -0.2) is 40.9 Å². The summed E-state index contributed by atoms with van der Waals surface area (Å²) in [4.78, 5) is 30.3. The van der Waals surface area contributed by atoms with Gasteiger partial charge in [-0.3, -0.25) is 9.59 Å². The Kier molecular flexibility index (Phi) is 3.30. The lowest BCUT2D eigenvalue weighted by Gasteiger charge is -2.24.